The van der Waals surface area contributed by atoms with Crippen LogP contribution in [0, 0.1) is 5.92 Å². The zero-order chi connectivity index (χ0) is 21.3. The molecule has 1 aliphatic heterocycles. The number of hydrogen-bond acceptors (Lipinski definition) is 8. The molecule has 0 saturated heterocycles. The third-order valence-corrected chi connectivity index (χ3v) is 5.83. The zero-order valence-corrected chi connectivity index (χ0v) is 17.8. The van der Waals surface area contributed by atoms with Gasteiger partial charge in [0.2, 0.25) is 5.95 Å². The number of ether oxygens (including phenoxy) is 2. The van der Waals surface area contributed by atoms with Crippen molar-refractivity contribution in [1.82, 2.24) is 15.0 Å². The van der Waals surface area contributed by atoms with Gasteiger partial charge in [-0.2, -0.15) is 4.98 Å². The second kappa shape index (κ2) is 8.47. The number of nitrogens with zero attached hydrogens (tertiary/aromatic N) is 4. The van der Waals surface area contributed by atoms with Crippen molar-refractivity contribution in [2.45, 2.75) is 32.2 Å². The summed E-state index contributed by atoms with van der Waals surface area (Å²) in [6.07, 6.45) is 8.30. The van der Waals surface area contributed by atoms with Crippen molar-refractivity contribution < 1.29 is 14.3 Å². The lowest BCUT2D eigenvalue weighted by Crippen LogP contribution is -2.36. The summed E-state index contributed by atoms with van der Waals surface area (Å²) in [6.45, 7) is 0.806. The number of aromatic nitrogens is 3. The van der Waals surface area contributed by atoms with Crippen LogP contribution in [-0.4, -0.2) is 41.5 Å². The maximum absolute atomic E-state index is 13.2. The number of methoxy groups -OCH3 is 2. The van der Waals surface area contributed by atoms with Gasteiger partial charge in [-0.25, -0.2) is 4.98 Å². The molecule has 9 heteroatoms. The standard InChI is InChI=1S/C21H24ClN5O3/c1-29-15-8-14(24-9-16(15)30-2)11-27-10-13(7-12-5-3-4-6-12)18(28)17-19(22)25-21(23)26-20(17)27/h7-9,12H,3-6,10-11H2,1-2H3,(H2,23,25,26). The zero-order valence-electron chi connectivity index (χ0n) is 17.0. The minimum atomic E-state index is -0.126. The molecule has 0 unspecified atom stereocenters. The summed E-state index contributed by atoms with van der Waals surface area (Å²) in [5.41, 5.74) is 7.57. The number of pyridine rings is 1. The molecular formula is C21H24ClN5O3. The summed E-state index contributed by atoms with van der Waals surface area (Å²) < 4.78 is 10.6. The van der Waals surface area contributed by atoms with Crippen LogP contribution in [-0.2, 0) is 6.54 Å². The Kier molecular flexibility index (Phi) is 5.76. The Bertz CT molecular complexity index is 1000. The number of nitrogens with two attached hydrogens (primary N) is 1. The molecule has 30 heavy (non-hydrogen) atoms. The topological polar surface area (TPSA) is 103 Å². The fourth-order valence-corrected chi connectivity index (χ4v) is 4.36. The molecule has 158 valence electrons. The Labute approximate surface area is 180 Å². The summed E-state index contributed by atoms with van der Waals surface area (Å²) in [5, 5.41) is 0.0739. The second-order valence-corrected chi connectivity index (χ2v) is 7.88. The number of fused-ring (bicyclic) bond motifs is 1. The van der Waals surface area contributed by atoms with E-state index in [4.69, 9.17) is 26.8 Å². The van der Waals surface area contributed by atoms with E-state index in [2.05, 4.69) is 21.0 Å². The predicted octanol–water partition coefficient (Wildman–Crippen LogP) is 3.44. The molecule has 2 aliphatic rings. The van der Waals surface area contributed by atoms with E-state index in [1.165, 1.54) is 12.8 Å². The summed E-state index contributed by atoms with van der Waals surface area (Å²) in [6, 6.07) is 1.81. The van der Waals surface area contributed by atoms with Gasteiger partial charge in [-0.05, 0) is 18.8 Å². The lowest BCUT2D eigenvalue weighted by Gasteiger charge is -2.31. The molecule has 0 aromatic carbocycles. The number of allylic oxidation sites excluding steroid dienone is 1. The molecule has 0 radical (unpaired) electrons. The van der Waals surface area contributed by atoms with Crippen LogP contribution in [0.3, 0.4) is 0 Å². The molecule has 1 aliphatic carbocycles. The van der Waals surface area contributed by atoms with Crippen molar-refractivity contribution in [1.29, 1.82) is 0 Å². The molecule has 0 bridgehead atoms. The largest absolute Gasteiger partial charge is 0.493 e. The Hall–Kier alpha value is -2.87. The maximum Gasteiger partial charge on any atom is 0.223 e. The van der Waals surface area contributed by atoms with E-state index in [1.54, 1.807) is 26.5 Å². The van der Waals surface area contributed by atoms with Crippen molar-refractivity contribution in [3.05, 3.63) is 40.3 Å². The SMILES string of the molecule is COc1cnc(CN2CC(=CC3CCCC3)C(=O)c3c(Cl)nc(N)nc32)cc1OC. The van der Waals surface area contributed by atoms with Gasteiger partial charge in [0.05, 0.1) is 32.7 Å². The smallest absolute Gasteiger partial charge is 0.223 e. The van der Waals surface area contributed by atoms with Crippen LogP contribution in [0.2, 0.25) is 5.15 Å². The molecule has 4 rings (SSSR count). The van der Waals surface area contributed by atoms with Gasteiger partial charge in [0.25, 0.3) is 0 Å². The van der Waals surface area contributed by atoms with E-state index in [0.717, 1.165) is 18.5 Å². The number of nitrogen functional groups attached to an aromatic ring is 1. The number of carbonyl (C=O) groups excluding carboxylic acids is 1. The highest BCUT2D eigenvalue weighted by atomic mass is 35.5. The third-order valence-electron chi connectivity index (χ3n) is 5.56. The molecule has 0 amide bonds. The minimum absolute atomic E-state index is 0.0278. The number of ketones is 1. The van der Waals surface area contributed by atoms with Gasteiger partial charge >= 0.3 is 0 Å². The van der Waals surface area contributed by atoms with Crippen molar-refractivity contribution in [3.8, 4) is 11.5 Å². The van der Waals surface area contributed by atoms with Gasteiger partial charge in [0.1, 0.15) is 16.5 Å². The van der Waals surface area contributed by atoms with E-state index >= 15 is 0 Å². The number of hydrogen-bond donors (Lipinski definition) is 1. The van der Waals surface area contributed by atoms with Gasteiger partial charge in [-0.3, -0.25) is 9.78 Å². The summed E-state index contributed by atoms with van der Waals surface area (Å²) >= 11 is 6.32. The number of halogens is 1. The molecule has 8 nitrogen and oxygen atoms in total. The molecule has 2 N–H and O–H groups in total. The van der Waals surface area contributed by atoms with Crippen LogP contribution < -0.4 is 20.1 Å². The molecule has 1 saturated carbocycles. The quantitative estimate of drug-likeness (QED) is 0.569. The first-order valence-electron chi connectivity index (χ1n) is 9.90. The Morgan fingerprint density at radius 2 is 1.97 bits per heavy atom. The maximum atomic E-state index is 13.2. The van der Waals surface area contributed by atoms with Gasteiger partial charge in [-0.1, -0.05) is 30.5 Å². The summed E-state index contributed by atoms with van der Waals surface area (Å²) in [7, 11) is 3.14. The lowest BCUT2D eigenvalue weighted by molar-refractivity contribution is 0.102. The predicted molar refractivity (Wildman–Crippen MR) is 114 cm³/mol. The van der Waals surface area contributed by atoms with Crippen LogP contribution in [0.1, 0.15) is 41.7 Å². The molecule has 2 aromatic heterocycles. The van der Waals surface area contributed by atoms with Crippen LogP contribution in [0.25, 0.3) is 0 Å². The van der Waals surface area contributed by atoms with E-state index < -0.39 is 0 Å². The van der Waals surface area contributed by atoms with Gasteiger partial charge < -0.3 is 20.1 Å². The molecule has 0 spiro atoms. The van der Waals surface area contributed by atoms with E-state index in [9.17, 15) is 4.79 Å². The normalized spacial score (nSPS) is 18.0. The summed E-state index contributed by atoms with van der Waals surface area (Å²) in [5.74, 6) is 1.88. The van der Waals surface area contributed by atoms with Crippen LogP contribution in [0.15, 0.2) is 23.9 Å². The molecule has 0 atom stereocenters. The number of rotatable bonds is 5. The van der Waals surface area contributed by atoms with E-state index in [1.807, 2.05) is 4.90 Å². The second-order valence-electron chi connectivity index (χ2n) is 7.52. The number of carbonyl (C=O) groups is 1. The van der Waals surface area contributed by atoms with Crippen molar-refractivity contribution >= 4 is 29.2 Å². The highest BCUT2D eigenvalue weighted by molar-refractivity contribution is 6.35. The Morgan fingerprint density at radius 3 is 2.67 bits per heavy atom. The highest BCUT2D eigenvalue weighted by Crippen LogP contribution is 2.36. The van der Waals surface area contributed by atoms with Gasteiger partial charge in [0.15, 0.2) is 17.3 Å². The lowest BCUT2D eigenvalue weighted by atomic mass is 9.95. The molecule has 1 fully saturated rings. The Morgan fingerprint density at radius 1 is 1.23 bits per heavy atom. The fraction of sp³-hybridized carbons (Fsp3) is 0.429. The van der Waals surface area contributed by atoms with E-state index in [-0.39, 0.29) is 16.9 Å². The van der Waals surface area contributed by atoms with Crippen LogP contribution in [0.5, 0.6) is 11.5 Å². The van der Waals surface area contributed by atoms with Crippen LogP contribution in [0.4, 0.5) is 11.8 Å². The highest BCUT2D eigenvalue weighted by Gasteiger charge is 2.33. The monoisotopic (exact) mass is 429 g/mol. The first-order chi connectivity index (χ1) is 14.5. The molecule has 3 heterocycles. The van der Waals surface area contributed by atoms with Crippen molar-refractivity contribution in [2.24, 2.45) is 5.92 Å². The van der Waals surface area contributed by atoms with E-state index in [0.29, 0.717) is 47.5 Å². The summed E-state index contributed by atoms with van der Waals surface area (Å²) in [4.78, 5) is 27.9. The first kappa shape index (κ1) is 20.4. The van der Waals surface area contributed by atoms with Gasteiger partial charge in [0, 0.05) is 18.2 Å². The molecule has 2 aromatic rings. The van der Waals surface area contributed by atoms with Gasteiger partial charge in [-0.15, -0.1) is 0 Å². The van der Waals surface area contributed by atoms with Crippen LogP contribution >= 0.6 is 11.6 Å². The first-order valence-corrected chi connectivity index (χ1v) is 10.3. The van der Waals surface area contributed by atoms with Crippen molar-refractivity contribution in [3.63, 3.8) is 0 Å². The Balaban J connectivity index is 1.73. The number of Topliss-reactive ketones (excluding diaryl/α,β-unsaturated/α-hetero) is 1. The fourth-order valence-electron chi connectivity index (χ4n) is 4.10. The average Bonchev–Trinajstić information content (AvgIpc) is 3.24. The molecular weight excluding hydrogens is 406 g/mol. The number of anilines is 2. The van der Waals surface area contributed by atoms with Crippen molar-refractivity contribution in [2.75, 3.05) is 31.4 Å². The average molecular weight is 430 g/mol. The third kappa shape index (κ3) is 3.92. The minimum Gasteiger partial charge on any atom is -0.493 e.